The second kappa shape index (κ2) is 3.46. The zero-order valence-corrected chi connectivity index (χ0v) is 2.55. The maximum atomic E-state index is 7.27. The molecule has 0 amide bonds. The molecule has 0 aromatic heterocycles. The van der Waals surface area contributed by atoms with Gasteiger partial charge in [-0.15, -0.1) is 0 Å². The molecule has 1 N–H and O–H groups in total. The third-order valence-electron chi connectivity index (χ3n) is 0.111. The Balaban J connectivity index is 2.40. The van der Waals surface area contributed by atoms with Gasteiger partial charge in [-0.2, -0.15) is 0 Å². The monoisotopic (exact) mass is 76.0 g/mol. The van der Waals surface area contributed by atoms with Crippen molar-refractivity contribution in [3.05, 3.63) is 12.8 Å². The highest BCUT2D eigenvalue weighted by Gasteiger charge is 1.56. The van der Waals surface area contributed by atoms with Crippen LogP contribution < -0.4 is 0 Å². The van der Waals surface area contributed by atoms with Crippen molar-refractivity contribution in [2.45, 2.75) is 0 Å². The maximum absolute atomic E-state index is 7.27. The first-order valence-electron chi connectivity index (χ1n) is 0.993. The van der Waals surface area contributed by atoms with Crippen LogP contribution in [0.1, 0.15) is 0 Å². The molecule has 0 aromatic rings. The van der Waals surface area contributed by atoms with Crippen molar-refractivity contribution in [1.29, 1.82) is 0 Å². The van der Waals surface area contributed by atoms with E-state index in [1.807, 2.05) is 0 Å². The molecule has 0 bridgehead atoms. The summed E-state index contributed by atoms with van der Waals surface area (Å²) in [7, 11) is 0. The van der Waals surface area contributed by atoms with E-state index in [4.69, 9.17) is 5.26 Å². The maximum Gasteiger partial charge on any atom is 0.125 e. The Morgan fingerprint density at radius 2 is 2.40 bits per heavy atom. The fourth-order valence-corrected chi connectivity index (χ4v) is 0.0304. The lowest BCUT2D eigenvalue weighted by Gasteiger charge is -1.80. The lowest BCUT2D eigenvalue weighted by atomic mass is 11.2. The van der Waals surface area contributed by atoms with Crippen LogP contribution in [0.15, 0.2) is 12.8 Å². The molecule has 5 heavy (non-hydrogen) atoms. The SMILES string of the molecule is C=COOO. The van der Waals surface area contributed by atoms with Gasteiger partial charge >= 0.3 is 0 Å². The Morgan fingerprint density at radius 3 is 2.40 bits per heavy atom. The second-order valence-corrected chi connectivity index (χ2v) is 0.337. The minimum absolute atomic E-state index is 0.958. The summed E-state index contributed by atoms with van der Waals surface area (Å²) in [6.45, 7) is 3.04. The van der Waals surface area contributed by atoms with Gasteiger partial charge in [0.2, 0.25) is 0 Å². The molecule has 0 aromatic carbocycles. The minimum atomic E-state index is 0.958. The number of hydrogen-bond donors (Lipinski definition) is 1. The Bertz CT molecular complexity index is 26.1. The van der Waals surface area contributed by atoms with Crippen molar-refractivity contribution in [3.63, 3.8) is 0 Å². The van der Waals surface area contributed by atoms with Crippen LogP contribution in [0.3, 0.4) is 0 Å². The first-order valence-corrected chi connectivity index (χ1v) is 0.993. The van der Waals surface area contributed by atoms with Gasteiger partial charge in [0.25, 0.3) is 0 Å². The van der Waals surface area contributed by atoms with Gasteiger partial charge in [-0.1, -0.05) is 6.58 Å². The highest BCUT2D eigenvalue weighted by molar-refractivity contribution is 4.41. The van der Waals surface area contributed by atoms with E-state index in [9.17, 15) is 0 Å². The summed E-state index contributed by atoms with van der Waals surface area (Å²) < 4.78 is 0. The molecule has 0 aliphatic carbocycles. The van der Waals surface area contributed by atoms with Crippen LogP contribution in [0.2, 0.25) is 0 Å². The first kappa shape index (κ1) is 4.46. The fraction of sp³-hybridized carbons (Fsp3) is 0. The molecule has 0 rings (SSSR count). The molecule has 30 valence electrons. The van der Waals surface area contributed by atoms with Crippen LogP contribution in [0, 0.1) is 0 Å². The molecule has 3 heteroatoms. The van der Waals surface area contributed by atoms with Crippen molar-refractivity contribution in [2.75, 3.05) is 0 Å². The Hall–Kier alpha value is -0.540. The van der Waals surface area contributed by atoms with Crippen molar-refractivity contribution in [2.24, 2.45) is 0 Å². The normalized spacial score (nSPS) is 6.60. The third kappa shape index (κ3) is 3.46. The van der Waals surface area contributed by atoms with E-state index < -0.39 is 0 Å². The largest absolute Gasteiger partial charge is 0.317 e. The second-order valence-electron chi connectivity index (χ2n) is 0.337. The van der Waals surface area contributed by atoms with Gasteiger partial charge in [0.05, 0.1) is 0 Å². The van der Waals surface area contributed by atoms with E-state index in [-0.39, 0.29) is 0 Å². The molecule has 0 aliphatic heterocycles. The lowest BCUT2D eigenvalue weighted by molar-refractivity contribution is -0.465. The van der Waals surface area contributed by atoms with E-state index in [1.165, 1.54) is 0 Å². The van der Waals surface area contributed by atoms with E-state index in [0.717, 1.165) is 6.26 Å². The van der Waals surface area contributed by atoms with Crippen molar-refractivity contribution < 1.29 is 15.2 Å². The summed E-state index contributed by atoms with van der Waals surface area (Å²) in [5.74, 6) is 0. The third-order valence-corrected chi connectivity index (χ3v) is 0.111. The summed E-state index contributed by atoms with van der Waals surface area (Å²) in [6.07, 6.45) is 0.958. The standard InChI is InChI=1S/C2H4O3/c1-2-4-5-3/h2-3H,1H2. The molecular weight excluding hydrogens is 72.0 g/mol. The molecular formula is C2H4O3. The van der Waals surface area contributed by atoms with E-state index in [1.54, 1.807) is 0 Å². The van der Waals surface area contributed by atoms with Gasteiger partial charge < -0.3 is 4.89 Å². The summed E-state index contributed by atoms with van der Waals surface area (Å²) in [5, 5.41) is 10.3. The highest BCUT2D eigenvalue weighted by atomic mass is 17.5. The lowest BCUT2D eigenvalue weighted by Crippen LogP contribution is -1.73. The molecule has 0 radical (unpaired) electrons. The van der Waals surface area contributed by atoms with Crippen LogP contribution in [-0.4, -0.2) is 5.26 Å². The van der Waals surface area contributed by atoms with Crippen LogP contribution in [0.4, 0.5) is 0 Å². The topological polar surface area (TPSA) is 38.7 Å². The van der Waals surface area contributed by atoms with Crippen LogP contribution in [0.25, 0.3) is 0 Å². The molecule has 0 heterocycles. The average molecular weight is 76.1 g/mol. The van der Waals surface area contributed by atoms with Crippen LogP contribution in [-0.2, 0) is 9.93 Å². The number of hydrogen-bond acceptors (Lipinski definition) is 3. The zero-order chi connectivity index (χ0) is 4.12. The predicted octanol–water partition coefficient (Wildman–Crippen LogP) is 0.551. The van der Waals surface area contributed by atoms with Gasteiger partial charge in [0.1, 0.15) is 6.26 Å². The Morgan fingerprint density at radius 1 is 1.80 bits per heavy atom. The quantitative estimate of drug-likeness (QED) is 0.296. The Labute approximate surface area is 29.3 Å². The molecule has 0 spiro atoms. The summed E-state index contributed by atoms with van der Waals surface area (Å²) in [6, 6.07) is 0. The number of rotatable bonds is 2. The summed E-state index contributed by atoms with van der Waals surface area (Å²) >= 11 is 0. The molecule has 3 nitrogen and oxygen atoms in total. The summed E-state index contributed by atoms with van der Waals surface area (Å²) in [4.78, 5) is 3.65. The van der Waals surface area contributed by atoms with Gasteiger partial charge in [0, 0.05) is 0 Å². The fourth-order valence-electron chi connectivity index (χ4n) is 0.0304. The van der Waals surface area contributed by atoms with Gasteiger partial charge in [0.15, 0.2) is 0 Å². The first-order chi connectivity index (χ1) is 2.41. The van der Waals surface area contributed by atoms with Crippen molar-refractivity contribution in [1.82, 2.24) is 0 Å². The van der Waals surface area contributed by atoms with E-state index >= 15 is 0 Å². The molecule has 0 atom stereocenters. The average Bonchev–Trinajstić information content (AvgIpc) is 1.41. The predicted molar refractivity (Wildman–Crippen MR) is 15.0 cm³/mol. The van der Waals surface area contributed by atoms with Gasteiger partial charge in [-0.3, -0.25) is 0 Å². The van der Waals surface area contributed by atoms with Crippen molar-refractivity contribution >= 4 is 0 Å². The molecule has 0 aliphatic rings. The highest BCUT2D eigenvalue weighted by Crippen LogP contribution is 1.64. The smallest absolute Gasteiger partial charge is 0.125 e. The minimum Gasteiger partial charge on any atom is -0.317 e. The Kier molecular flexibility index (Phi) is 3.09. The molecule has 0 fully saturated rings. The van der Waals surface area contributed by atoms with Gasteiger partial charge in [-0.25, -0.2) is 5.26 Å². The van der Waals surface area contributed by atoms with Crippen molar-refractivity contribution in [3.8, 4) is 0 Å². The van der Waals surface area contributed by atoms with E-state index in [0.29, 0.717) is 0 Å². The summed E-state index contributed by atoms with van der Waals surface area (Å²) in [5.41, 5.74) is 0. The van der Waals surface area contributed by atoms with Crippen LogP contribution in [0.5, 0.6) is 0 Å². The van der Waals surface area contributed by atoms with Gasteiger partial charge in [-0.05, 0) is 5.04 Å². The zero-order valence-electron chi connectivity index (χ0n) is 2.55. The molecule has 0 saturated heterocycles. The van der Waals surface area contributed by atoms with Crippen LogP contribution >= 0.6 is 0 Å². The molecule has 0 saturated carbocycles. The van der Waals surface area contributed by atoms with E-state index in [2.05, 4.69) is 16.5 Å². The molecule has 0 unspecified atom stereocenters.